The zero-order valence-corrected chi connectivity index (χ0v) is 34.2. The number of phosphoric acid groups is 3. The van der Waals surface area contributed by atoms with Gasteiger partial charge in [-0.25, -0.2) is 19.3 Å². The second-order valence-electron chi connectivity index (χ2n) is 14.7. The molecule has 28 heteroatoms. The number of nitrogens with zero attached hydrogens (tertiary/aromatic N) is 4. The van der Waals surface area contributed by atoms with E-state index < -0.39 is 84.1 Å². The van der Waals surface area contributed by atoms with Crippen LogP contribution in [-0.2, 0) is 56.4 Å². The summed E-state index contributed by atoms with van der Waals surface area (Å²) in [4.78, 5) is 96.7. The van der Waals surface area contributed by atoms with Crippen molar-refractivity contribution in [2.45, 2.75) is 83.0 Å². The van der Waals surface area contributed by atoms with Crippen LogP contribution in [0.15, 0.2) is 12.7 Å². The fraction of sp³-hybridized carbons (Fsp3) is 0.724. The van der Waals surface area contributed by atoms with Crippen LogP contribution in [0.4, 0.5) is 5.82 Å². The number of hydrogen-bond acceptors (Lipinski definition) is 22. The van der Waals surface area contributed by atoms with Crippen LogP contribution in [0.25, 0.3) is 11.2 Å². The number of nitrogens with two attached hydrogens (primary N) is 1. The molecule has 3 fully saturated rings. The van der Waals surface area contributed by atoms with Crippen LogP contribution < -0.4 is 35.9 Å². The molecule has 320 valence electrons. The van der Waals surface area contributed by atoms with E-state index in [4.69, 9.17) is 10.5 Å². The number of imidazole rings is 1. The lowest BCUT2D eigenvalue weighted by atomic mass is 9.87. The molecule has 2 saturated carbocycles. The third kappa shape index (κ3) is 11.6. The Kier molecular flexibility index (Phi) is 13.8. The van der Waals surface area contributed by atoms with Crippen molar-refractivity contribution in [2.75, 3.05) is 37.8 Å². The second-order valence-corrected chi connectivity index (χ2v) is 20.0. The Balaban J connectivity index is 1.06. The van der Waals surface area contributed by atoms with Gasteiger partial charge in [-0.1, -0.05) is 25.6 Å². The number of anilines is 1. The van der Waals surface area contributed by atoms with E-state index in [1.165, 1.54) is 33.6 Å². The summed E-state index contributed by atoms with van der Waals surface area (Å²) in [6.07, 6.45) is -1.97. The van der Waals surface area contributed by atoms with Gasteiger partial charge in [0, 0.05) is 37.1 Å². The number of aromatic nitrogens is 4. The summed E-state index contributed by atoms with van der Waals surface area (Å²) in [5, 5.41) is 26.6. The van der Waals surface area contributed by atoms with Crippen molar-refractivity contribution < 1.29 is 80.5 Å². The van der Waals surface area contributed by atoms with Crippen molar-refractivity contribution in [2.24, 2.45) is 16.7 Å². The van der Waals surface area contributed by atoms with E-state index in [1.54, 1.807) is 0 Å². The van der Waals surface area contributed by atoms with Gasteiger partial charge >= 0.3 is 0 Å². The first kappa shape index (κ1) is 45.6. The summed E-state index contributed by atoms with van der Waals surface area (Å²) in [6, 6.07) is 0. The zero-order chi connectivity index (χ0) is 42.2. The highest BCUT2D eigenvalue weighted by Gasteiger charge is 2.62. The number of fused-ring (bicyclic) bond motifs is 1. The number of aliphatic hydroxyl groups is 2. The molecule has 3 aliphatic rings. The van der Waals surface area contributed by atoms with Gasteiger partial charge in [0.15, 0.2) is 22.3 Å². The Bertz CT molecular complexity index is 1980. The van der Waals surface area contributed by atoms with Gasteiger partial charge in [-0.3, -0.25) is 28.1 Å². The molecule has 2 aromatic heterocycles. The summed E-state index contributed by atoms with van der Waals surface area (Å²) in [7, 11) is -17.6. The molecule has 8 atom stereocenters. The van der Waals surface area contributed by atoms with Crippen LogP contribution in [0.1, 0.15) is 52.9 Å². The molecule has 1 spiro atoms. The molecule has 3 heterocycles. The Labute approximate surface area is 329 Å². The van der Waals surface area contributed by atoms with Crippen LogP contribution in [0.3, 0.4) is 0 Å². The number of aliphatic hydroxyl groups excluding tert-OH is 2. The first-order valence-corrected chi connectivity index (χ1v) is 22.7. The number of phosphoric ester groups is 3. The highest BCUT2D eigenvalue weighted by atomic mass is 32.2. The molecule has 0 aromatic carbocycles. The van der Waals surface area contributed by atoms with Crippen LogP contribution in [-0.4, -0.2) is 103 Å². The van der Waals surface area contributed by atoms with Crippen molar-refractivity contribution in [3.63, 3.8) is 0 Å². The minimum Gasteiger partial charge on any atom is -0.790 e. The molecule has 24 nitrogen and oxygen atoms in total. The Morgan fingerprint density at radius 2 is 1.79 bits per heavy atom. The maximum atomic E-state index is 12.6. The summed E-state index contributed by atoms with van der Waals surface area (Å²) < 4.78 is 61.1. The van der Waals surface area contributed by atoms with Crippen molar-refractivity contribution in [3.05, 3.63) is 12.7 Å². The fourth-order valence-corrected chi connectivity index (χ4v) is 9.82. The smallest absolute Gasteiger partial charge is 0.274 e. The standard InChI is InChI=1S/C29H46N7O17P3S/c1-27(2,23(40)26(41)32-7-4-18(37)31-8-9-57-19(38)10-16-11-29(16)5-6-29)13-50-56(47,48)53-55(45,46)49-12-17-21(52-54(42,43)44)22(39)28(3,51-17)36-15-35-20-24(30)33-14-34-25(20)36/h14-17,21-23,39-40H,4-13H2,1-3H3,(H,31,37)(H,32,41)(H,45,46)(H,47,48)(H2,30,33,34)(H2,42,43,44)/p-4. The first-order valence-electron chi connectivity index (χ1n) is 17.4. The molecule has 5 rings (SSSR count). The van der Waals surface area contributed by atoms with Crippen LogP contribution in [0.5, 0.6) is 0 Å². The van der Waals surface area contributed by atoms with E-state index in [0.29, 0.717) is 23.5 Å². The number of carbonyl (C=O) groups is 3. The molecule has 1 saturated heterocycles. The molecule has 0 radical (unpaired) electrons. The quantitative estimate of drug-likeness (QED) is 0.0639. The van der Waals surface area contributed by atoms with Gasteiger partial charge in [-0.05, 0) is 37.5 Å². The predicted molar refractivity (Wildman–Crippen MR) is 187 cm³/mol. The Morgan fingerprint density at radius 3 is 2.44 bits per heavy atom. The normalized spacial score (nSPS) is 26.8. The summed E-state index contributed by atoms with van der Waals surface area (Å²) in [5.41, 5.74) is 2.48. The van der Waals surface area contributed by atoms with Gasteiger partial charge in [-0.2, -0.15) is 0 Å². The number of carbonyl (C=O) groups excluding carboxylic acids is 3. The van der Waals surface area contributed by atoms with E-state index in [2.05, 4.69) is 43.5 Å². The van der Waals surface area contributed by atoms with Crippen molar-refractivity contribution in [1.82, 2.24) is 30.2 Å². The molecule has 6 N–H and O–H groups in total. The Hall–Kier alpha value is -2.44. The molecular formula is C29H42N7O17P3S-4. The van der Waals surface area contributed by atoms with E-state index in [9.17, 15) is 57.9 Å². The number of nitrogens with one attached hydrogen (secondary N) is 2. The van der Waals surface area contributed by atoms with Gasteiger partial charge in [0.25, 0.3) is 15.6 Å². The molecule has 2 aliphatic carbocycles. The van der Waals surface area contributed by atoms with Gasteiger partial charge < -0.3 is 69.0 Å². The third-order valence-corrected chi connectivity index (χ3v) is 13.8. The van der Waals surface area contributed by atoms with Crippen LogP contribution in [0.2, 0.25) is 0 Å². The fourth-order valence-electron chi connectivity index (χ4n) is 6.34. The monoisotopic (exact) mass is 885 g/mol. The summed E-state index contributed by atoms with van der Waals surface area (Å²) in [6.45, 7) is 1.35. The lowest BCUT2D eigenvalue weighted by Crippen LogP contribution is -2.46. The highest BCUT2D eigenvalue weighted by molar-refractivity contribution is 8.13. The van der Waals surface area contributed by atoms with E-state index in [0.717, 1.165) is 35.4 Å². The molecule has 2 aromatic rings. The van der Waals surface area contributed by atoms with Gasteiger partial charge in [0.1, 0.15) is 36.3 Å². The molecular weight excluding hydrogens is 843 g/mol. The maximum absolute atomic E-state index is 12.6. The summed E-state index contributed by atoms with van der Waals surface area (Å²) in [5.74, 6) is -0.632. The van der Waals surface area contributed by atoms with Crippen molar-refractivity contribution in [3.8, 4) is 0 Å². The second kappa shape index (κ2) is 17.3. The zero-order valence-electron chi connectivity index (χ0n) is 30.7. The highest BCUT2D eigenvalue weighted by Crippen LogP contribution is 2.71. The largest absolute Gasteiger partial charge is 0.790 e. The molecule has 8 unspecified atom stereocenters. The van der Waals surface area contributed by atoms with E-state index in [1.807, 2.05) is 0 Å². The molecule has 0 bridgehead atoms. The number of thioether (sulfide) groups is 1. The molecule has 2 amide bonds. The lowest BCUT2D eigenvalue weighted by molar-refractivity contribution is -0.347. The van der Waals surface area contributed by atoms with Gasteiger partial charge in [0.05, 0.1) is 27.4 Å². The van der Waals surface area contributed by atoms with E-state index >= 15 is 0 Å². The minimum absolute atomic E-state index is 0.0299. The average Bonchev–Trinajstić information content (AvgIpc) is 3.95. The third-order valence-electron chi connectivity index (χ3n) is 9.89. The minimum atomic E-state index is -5.93. The SMILES string of the molecule is CC(C)(COP(=O)([O-])OP(=O)([O-])OCC1OC(C)(n2cnc3c(N)ncnc32)C(O)C1OP(=O)([O-])[O-])C(O)C(=O)NCCC(=O)NCCSC(=O)CC1CC12CC2. The summed E-state index contributed by atoms with van der Waals surface area (Å²) >= 11 is 1.16. The maximum Gasteiger partial charge on any atom is 0.274 e. The number of amides is 2. The molecule has 1 aliphatic heterocycles. The number of nitrogen functional groups attached to an aromatic ring is 1. The van der Waals surface area contributed by atoms with Crippen molar-refractivity contribution in [1.29, 1.82) is 0 Å². The topological polar surface area (TPSA) is 375 Å². The van der Waals surface area contributed by atoms with Gasteiger partial charge in [-0.15, -0.1) is 0 Å². The predicted octanol–water partition coefficient (Wildman–Crippen LogP) is -2.50. The van der Waals surface area contributed by atoms with Crippen LogP contribution >= 0.6 is 35.2 Å². The number of hydrogen-bond donors (Lipinski definition) is 5. The number of ether oxygens (including phenoxy) is 1. The molecule has 57 heavy (non-hydrogen) atoms. The van der Waals surface area contributed by atoms with Gasteiger partial charge in [0.2, 0.25) is 11.8 Å². The van der Waals surface area contributed by atoms with Crippen molar-refractivity contribution >= 4 is 69.1 Å². The van der Waals surface area contributed by atoms with Crippen LogP contribution in [0, 0.1) is 16.7 Å². The van der Waals surface area contributed by atoms with E-state index in [-0.39, 0.29) is 41.6 Å². The first-order chi connectivity index (χ1) is 26.4. The number of rotatable bonds is 21. The Morgan fingerprint density at radius 1 is 1.11 bits per heavy atom. The lowest BCUT2D eigenvalue weighted by Gasteiger charge is -2.36. The average molecular weight is 886 g/mol.